The van der Waals surface area contributed by atoms with Crippen molar-refractivity contribution in [1.29, 1.82) is 0 Å². The number of aromatic nitrogens is 1. The van der Waals surface area contributed by atoms with Crippen LogP contribution in [-0.4, -0.2) is 78.3 Å². The van der Waals surface area contributed by atoms with E-state index in [0.717, 1.165) is 75.6 Å². The Kier molecular flexibility index (Phi) is 5.35. The van der Waals surface area contributed by atoms with Crippen LogP contribution in [0.1, 0.15) is 28.0 Å². The highest BCUT2D eigenvalue weighted by Gasteiger charge is 2.29. The lowest BCUT2D eigenvalue weighted by Gasteiger charge is -2.34. The molecular weight excluding hydrogens is 294 g/mol. The van der Waals surface area contributed by atoms with E-state index < -0.39 is 0 Å². The van der Waals surface area contributed by atoms with Crippen LogP contribution in [0.4, 0.5) is 0 Å². The number of aliphatic hydroxyl groups excluding tert-OH is 1. The Morgan fingerprint density at radius 2 is 2.09 bits per heavy atom. The molecule has 1 atom stereocenters. The molecule has 0 bridgehead atoms. The minimum absolute atomic E-state index is 0.134. The van der Waals surface area contributed by atoms with Gasteiger partial charge in [0.2, 0.25) is 0 Å². The summed E-state index contributed by atoms with van der Waals surface area (Å²) in [4.78, 5) is 20.3. The summed E-state index contributed by atoms with van der Waals surface area (Å²) in [5, 5.41) is 9.38. The molecule has 0 saturated carbocycles. The third-order valence-electron chi connectivity index (χ3n) is 4.93. The van der Waals surface area contributed by atoms with Crippen LogP contribution in [0.2, 0.25) is 0 Å². The van der Waals surface area contributed by atoms with Crippen molar-refractivity contribution in [3.8, 4) is 0 Å². The molecule has 0 aromatic carbocycles. The number of fused-ring (bicyclic) bond motifs is 1. The fraction of sp³-hybridized carbons (Fsp3) is 0.706. The Balaban J connectivity index is 1.63. The molecule has 1 aromatic heterocycles. The second-order valence-electron chi connectivity index (χ2n) is 6.62. The number of morpholine rings is 1. The molecule has 6 heteroatoms. The maximum Gasteiger partial charge on any atom is 0.255 e. The molecule has 1 aromatic rings. The molecule has 0 aliphatic carbocycles. The number of aryl methyl sites for hydroxylation is 1. The normalized spacial score (nSPS) is 20.6. The number of amides is 1. The fourth-order valence-electron chi connectivity index (χ4n) is 3.64. The molecule has 2 aliphatic rings. The molecule has 6 nitrogen and oxygen atoms in total. The summed E-state index contributed by atoms with van der Waals surface area (Å²) in [6, 6.07) is 0. The molecule has 2 N–H and O–H groups in total. The highest BCUT2D eigenvalue weighted by Crippen LogP contribution is 2.23. The first-order valence-electron chi connectivity index (χ1n) is 8.56. The van der Waals surface area contributed by atoms with E-state index in [0.29, 0.717) is 5.92 Å². The summed E-state index contributed by atoms with van der Waals surface area (Å²) in [6.45, 7) is 8.00. The highest BCUT2D eigenvalue weighted by molar-refractivity contribution is 5.97. The predicted molar refractivity (Wildman–Crippen MR) is 87.6 cm³/mol. The van der Waals surface area contributed by atoms with Crippen LogP contribution < -0.4 is 0 Å². The SMILES string of the molecule is Cc1c[nH]c2c1C(=O)N(CC(CCO)CN1CCOCC1)CC2. The summed E-state index contributed by atoms with van der Waals surface area (Å²) in [6.07, 6.45) is 3.55. The predicted octanol–water partition coefficient (Wildman–Crippen LogP) is 0.652. The van der Waals surface area contributed by atoms with Crippen molar-refractivity contribution in [2.24, 2.45) is 5.92 Å². The van der Waals surface area contributed by atoms with Crippen molar-refractivity contribution in [3.63, 3.8) is 0 Å². The number of nitrogens with zero attached hydrogens (tertiary/aromatic N) is 2. The third-order valence-corrected chi connectivity index (χ3v) is 4.93. The average Bonchev–Trinajstić information content (AvgIpc) is 2.93. The van der Waals surface area contributed by atoms with Gasteiger partial charge in [-0.25, -0.2) is 0 Å². The second kappa shape index (κ2) is 7.47. The van der Waals surface area contributed by atoms with Crippen molar-refractivity contribution in [2.75, 3.05) is 52.5 Å². The molecule has 3 rings (SSSR count). The first-order chi connectivity index (χ1) is 11.2. The quantitative estimate of drug-likeness (QED) is 0.807. The van der Waals surface area contributed by atoms with Gasteiger partial charge in [0.1, 0.15) is 0 Å². The van der Waals surface area contributed by atoms with Crippen LogP contribution in [0.3, 0.4) is 0 Å². The van der Waals surface area contributed by atoms with Gasteiger partial charge in [0.05, 0.1) is 18.8 Å². The van der Waals surface area contributed by atoms with Crippen molar-refractivity contribution in [3.05, 3.63) is 23.0 Å². The number of rotatable bonds is 6. The molecule has 128 valence electrons. The van der Waals surface area contributed by atoms with Gasteiger partial charge < -0.3 is 19.7 Å². The molecule has 3 heterocycles. The van der Waals surface area contributed by atoms with E-state index in [9.17, 15) is 9.90 Å². The molecule has 1 unspecified atom stereocenters. The van der Waals surface area contributed by atoms with Crippen molar-refractivity contribution >= 4 is 5.91 Å². The zero-order valence-electron chi connectivity index (χ0n) is 13.9. The Bertz CT molecular complexity index is 537. The topological polar surface area (TPSA) is 68.8 Å². The molecule has 23 heavy (non-hydrogen) atoms. The van der Waals surface area contributed by atoms with Crippen LogP contribution >= 0.6 is 0 Å². The highest BCUT2D eigenvalue weighted by atomic mass is 16.5. The number of carbonyl (C=O) groups is 1. The lowest BCUT2D eigenvalue weighted by Crippen LogP contribution is -2.45. The summed E-state index contributed by atoms with van der Waals surface area (Å²) in [7, 11) is 0. The Morgan fingerprint density at radius 3 is 2.83 bits per heavy atom. The van der Waals surface area contributed by atoms with E-state index in [1.54, 1.807) is 0 Å². The van der Waals surface area contributed by atoms with Crippen LogP contribution in [0.25, 0.3) is 0 Å². The molecule has 1 amide bonds. The second-order valence-corrected chi connectivity index (χ2v) is 6.62. The molecule has 0 spiro atoms. The van der Waals surface area contributed by atoms with Crippen LogP contribution in [-0.2, 0) is 11.2 Å². The van der Waals surface area contributed by atoms with Crippen LogP contribution in [0.5, 0.6) is 0 Å². The Morgan fingerprint density at radius 1 is 1.30 bits per heavy atom. The fourth-order valence-corrected chi connectivity index (χ4v) is 3.64. The maximum atomic E-state index is 12.7. The number of carbonyl (C=O) groups excluding carboxylic acids is 1. The van der Waals surface area contributed by atoms with E-state index >= 15 is 0 Å². The summed E-state index contributed by atoms with van der Waals surface area (Å²) < 4.78 is 5.39. The lowest BCUT2D eigenvalue weighted by atomic mass is 9.99. The molecule has 1 fully saturated rings. The van der Waals surface area contributed by atoms with Gasteiger partial charge in [0, 0.05) is 57.6 Å². The van der Waals surface area contributed by atoms with Crippen molar-refractivity contribution in [2.45, 2.75) is 19.8 Å². The summed E-state index contributed by atoms with van der Waals surface area (Å²) in [5.74, 6) is 0.442. The van der Waals surface area contributed by atoms with Crippen molar-refractivity contribution in [1.82, 2.24) is 14.8 Å². The number of H-pyrrole nitrogens is 1. The van der Waals surface area contributed by atoms with E-state index in [1.807, 2.05) is 18.0 Å². The number of nitrogens with one attached hydrogen (secondary N) is 1. The summed E-state index contributed by atoms with van der Waals surface area (Å²) >= 11 is 0. The van der Waals surface area contributed by atoms with E-state index in [4.69, 9.17) is 4.74 Å². The molecular formula is C17H27N3O3. The van der Waals surface area contributed by atoms with Crippen molar-refractivity contribution < 1.29 is 14.6 Å². The van der Waals surface area contributed by atoms with E-state index in [1.165, 1.54) is 0 Å². The third kappa shape index (κ3) is 3.76. The monoisotopic (exact) mass is 321 g/mol. The van der Waals surface area contributed by atoms with Gasteiger partial charge in [-0.05, 0) is 24.8 Å². The maximum absolute atomic E-state index is 12.7. The smallest absolute Gasteiger partial charge is 0.255 e. The number of aromatic amines is 1. The van der Waals surface area contributed by atoms with Gasteiger partial charge in [0.15, 0.2) is 0 Å². The molecule has 2 aliphatic heterocycles. The van der Waals surface area contributed by atoms with Gasteiger partial charge in [0.25, 0.3) is 5.91 Å². The Hall–Kier alpha value is -1.37. The number of hydrogen-bond acceptors (Lipinski definition) is 4. The zero-order valence-corrected chi connectivity index (χ0v) is 13.9. The molecule has 1 saturated heterocycles. The minimum Gasteiger partial charge on any atom is -0.396 e. The average molecular weight is 321 g/mol. The van der Waals surface area contributed by atoms with Gasteiger partial charge in [-0.2, -0.15) is 0 Å². The Labute approximate surface area is 137 Å². The standard InChI is InChI=1S/C17H27N3O3/c1-13-10-18-15-2-4-20(17(22)16(13)15)12-14(3-7-21)11-19-5-8-23-9-6-19/h10,14,18,21H,2-9,11-12H2,1H3. The van der Waals surface area contributed by atoms with Crippen LogP contribution in [0, 0.1) is 12.8 Å². The number of aliphatic hydroxyl groups is 1. The zero-order chi connectivity index (χ0) is 16.2. The van der Waals surface area contributed by atoms with Crippen LogP contribution in [0.15, 0.2) is 6.20 Å². The van der Waals surface area contributed by atoms with E-state index in [2.05, 4.69) is 9.88 Å². The number of hydrogen-bond donors (Lipinski definition) is 2. The lowest BCUT2D eigenvalue weighted by molar-refractivity contribution is 0.0245. The van der Waals surface area contributed by atoms with Gasteiger partial charge in [-0.3, -0.25) is 9.69 Å². The molecule has 0 radical (unpaired) electrons. The van der Waals surface area contributed by atoms with E-state index in [-0.39, 0.29) is 12.5 Å². The van der Waals surface area contributed by atoms with Gasteiger partial charge in [-0.15, -0.1) is 0 Å². The van der Waals surface area contributed by atoms with Gasteiger partial charge >= 0.3 is 0 Å². The first-order valence-corrected chi connectivity index (χ1v) is 8.56. The van der Waals surface area contributed by atoms with Gasteiger partial charge in [-0.1, -0.05) is 0 Å². The number of ether oxygens (including phenoxy) is 1. The first kappa shape index (κ1) is 16.5. The minimum atomic E-state index is 0.134. The largest absolute Gasteiger partial charge is 0.396 e. The summed E-state index contributed by atoms with van der Waals surface area (Å²) in [5.41, 5.74) is 2.95.